The molecule has 0 amide bonds. The van der Waals surface area contributed by atoms with Crippen LogP contribution < -0.4 is 5.32 Å². The van der Waals surface area contributed by atoms with Crippen LogP contribution in [-0.2, 0) is 4.74 Å². The molecule has 2 nitrogen and oxygen atoms in total. The highest BCUT2D eigenvalue weighted by Crippen LogP contribution is 2.22. The third-order valence-corrected chi connectivity index (χ3v) is 3.62. The third-order valence-electron chi connectivity index (χ3n) is 3.62. The molecule has 2 atom stereocenters. The molecule has 17 heavy (non-hydrogen) atoms. The first kappa shape index (κ1) is 12.6. The molecule has 0 aliphatic carbocycles. The SMILES string of the molecule is C[C@H]([NH2+][C@H]1CCOC(C)(C)C1)c1ccccc1. The number of hydrogen-bond acceptors (Lipinski definition) is 1. The summed E-state index contributed by atoms with van der Waals surface area (Å²) < 4.78 is 5.76. The van der Waals surface area contributed by atoms with Crippen LogP contribution in [0.15, 0.2) is 30.3 Å². The molecule has 0 spiro atoms. The molecule has 0 unspecified atom stereocenters. The van der Waals surface area contributed by atoms with E-state index in [9.17, 15) is 0 Å². The van der Waals surface area contributed by atoms with Crippen molar-refractivity contribution in [3.8, 4) is 0 Å². The molecule has 1 aromatic rings. The van der Waals surface area contributed by atoms with Crippen molar-refractivity contribution in [2.24, 2.45) is 0 Å². The third kappa shape index (κ3) is 3.55. The minimum atomic E-state index is 0.0514. The van der Waals surface area contributed by atoms with E-state index in [1.54, 1.807) is 0 Å². The monoisotopic (exact) mass is 234 g/mol. The molecule has 2 N–H and O–H groups in total. The molecule has 2 heteroatoms. The number of ether oxygens (including phenoxy) is 1. The van der Waals surface area contributed by atoms with Crippen LogP contribution in [0.1, 0.15) is 45.2 Å². The van der Waals surface area contributed by atoms with Crippen LogP contribution in [0.25, 0.3) is 0 Å². The maximum atomic E-state index is 5.76. The van der Waals surface area contributed by atoms with Gasteiger partial charge >= 0.3 is 0 Å². The van der Waals surface area contributed by atoms with Crippen molar-refractivity contribution in [1.82, 2.24) is 0 Å². The molecule has 1 fully saturated rings. The van der Waals surface area contributed by atoms with Gasteiger partial charge < -0.3 is 10.1 Å². The maximum absolute atomic E-state index is 5.76. The molecule has 2 rings (SSSR count). The average Bonchev–Trinajstić information content (AvgIpc) is 2.29. The fourth-order valence-electron chi connectivity index (χ4n) is 2.72. The van der Waals surface area contributed by atoms with Gasteiger partial charge in [0, 0.05) is 18.4 Å². The van der Waals surface area contributed by atoms with Gasteiger partial charge in [0.15, 0.2) is 0 Å². The van der Waals surface area contributed by atoms with Gasteiger partial charge in [-0.15, -0.1) is 0 Å². The van der Waals surface area contributed by atoms with E-state index in [0.717, 1.165) is 13.0 Å². The molecule has 94 valence electrons. The first-order valence-corrected chi connectivity index (χ1v) is 6.61. The second-order valence-electron chi connectivity index (χ2n) is 5.75. The van der Waals surface area contributed by atoms with Gasteiger partial charge in [-0.1, -0.05) is 30.3 Å². The second-order valence-corrected chi connectivity index (χ2v) is 5.75. The van der Waals surface area contributed by atoms with Gasteiger partial charge in [-0.25, -0.2) is 0 Å². The van der Waals surface area contributed by atoms with Crippen molar-refractivity contribution in [1.29, 1.82) is 0 Å². The zero-order chi connectivity index (χ0) is 12.3. The van der Waals surface area contributed by atoms with Gasteiger partial charge in [-0.2, -0.15) is 0 Å². The lowest BCUT2D eigenvalue weighted by atomic mass is 9.93. The number of quaternary nitrogens is 1. The minimum Gasteiger partial charge on any atom is -0.375 e. The summed E-state index contributed by atoms with van der Waals surface area (Å²) in [7, 11) is 0. The van der Waals surface area contributed by atoms with E-state index in [4.69, 9.17) is 4.74 Å². The van der Waals surface area contributed by atoms with E-state index >= 15 is 0 Å². The van der Waals surface area contributed by atoms with Gasteiger partial charge in [-0.3, -0.25) is 0 Å². The average molecular weight is 234 g/mol. The zero-order valence-electron chi connectivity index (χ0n) is 11.1. The Balaban J connectivity index is 1.93. The van der Waals surface area contributed by atoms with Crippen LogP contribution in [0.4, 0.5) is 0 Å². The lowest BCUT2D eigenvalue weighted by Gasteiger charge is -2.35. The van der Waals surface area contributed by atoms with E-state index in [2.05, 4.69) is 56.4 Å². The summed E-state index contributed by atoms with van der Waals surface area (Å²) in [6.07, 6.45) is 2.31. The van der Waals surface area contributed by atoms with Crippen LogP contribution in [-0.4, -0.2) is 18.2 Å². The molecule has 1 heterocycles. The summed E-state index contributed by atoms with van der Waals surface area (Å²) in [6.45, 7) is 7.58. The van der Waals surface area contributed by atoms with Crippen LogP contribution >= 0.6 is 0 Å². The Bertz CT molecular complexity index is 347. The summed E-state index contributed by atoms with van der Waals surface area (Å²) >= 11 is 0. The van der Waals surface area contributed by atoms with Crippen LogP contribution in [0.2, 0.25) is 0 Å². The summed E-state index contributed by atoms with van der Waals surface area (Å²) in [5, 5.41) is 2.50. The van der Waals surface area contributed by atoms with Crippen LogP contribution in [0, 0.1) is 0 Å². The Morgan fingerprint density at radius 3 is 2.65 bits per heavy atom. The van der Waals surface area contributed by atoms with E-state index in [-0.39, 0.29) is 5.60 Å². The van der Waals surface area contributed by atoms with Crippen molar-refractivity contribution in [2.45, 2.75) is 51.3 Å². The molecule has 0 aromatic heterocycles. The number of benzene rings is 1. The summed E-state index contributed by atoms with van der Waals surface area (Å²) in [5.74, 6) is 0. The van der Waals surface area contributed by atoms with E-state index < -0.39 is 0 Å². The molecule has 1 aliphatic heterocycles. The normalized spacial score (nSPS) is 25.5. The minimum absolute atomic E-state index is 0.0514. The Kier molecular flexibility index (Phi) is 3.85. The van der Waals surface area contributed by atoms with Crippen LogP contribution in [0.3, 0.4) is 0 Å². The highest BCUT2D eigenvalue weighted by molar-refractivity contribution is 5.16. The lowest BCUT2D eigenvalue weighted by Crippen LogP contribution is -2.91. The summed E-state index contributed by atoms with van der Waals surface area (Å²) in [5.41, 5.74) is 1.47. The predicted octanol–water partition coefficient (Wildman–Crippen LogP) is 2.27. The zero-order valence-corrected chi connectivity index (χ0v) is 11.1. The van der Waals surface area contributed by atoms with Crippen molar-refractivity contribution in [3.63, 3.8) is 0 Å². The Hall–Kier alpha value is -0.860. The first-order chi connectivity index (χ1) is 8.07. The molecule has 0 bridgehead atoms. The molecule has 1 aliphatic rings. The van der Waals surface area contributed by atoms with Gasteiger partial charge in [0.05, 0.1) is 18.2 Å². The number of hydrogen-bond donors (Lipinski definition) is 1. The fourth-order valence-corrected chi connectivity index (χ4v) is 2.72. The fraction of sp³-hybridized carbons (Fsp3) is 0.600. The highest BCUT2D eigenvalue weighted by atomic mass is 16.5. The molecular weight excluding hydrogens is 210 g/mol. The van der Waals surface area contributed by atoms with Crippen molar-refractivity contribution < 1.29 is 10.1 Å². The topological polar surface area (TPSA) is 25.8 Å². The first-order valence-electron chi connectivity index (χ1n) is 6.61. The number of nitrogens with two attached hydrogens (primary N) is 1. The highest BCUT2D eigenvalue weighted by Gasteiger charge is 2.31. The Morgan fingerprint density at radius 1 is 1.29 bits per heavy atom. The predicted molar refractivity (Wildman–Crippen MR) is 69.8 cm³/mol. The molecule has 1 saturated heterocycles. The van der Waals surface area contributed by atoms with E-state index in [0.29, 0.717) is 12.1 Å². The largest absolute Gasteiger partial charge is 0.375 e. The standard InChI is InChI=1S/C15H23NO/c1-12(13-7-5-4-6-8-13)16-14-9-10-17-15(2,3)11-14/h4-8,12,14,16H,9-11H2,1-3H3/p+1/t12-,14-/m0/s1. The van der Waals surface area contributed by atoms with Gasteiger partial charge in [-0.05, 0) is 20.8 Å². The van der Waals surface area contributed by atoms with E-state index in [1.165, 1.54) is 12.0 Å². The van der Waals surface area contributed by atoms with Gasteiger partial charge in [0.2, 0.25) is 0 Å². The van der Waals surface area contributed by atoms with Crippen molar-refractivity contribution >= 4 is 0 Å². The molecule has 0 radical (unpaired) electrons. The van der Waals surface area contributed by atoms with Crippen molar-refractivity contribution in [3.05, 3.63) is 35.9 Å². The molecule has 0 saturated carbocycles. The Labute approximate surface area is 104 Å². The second kappa shape index (κ2) is 5.19. The lowest BCUT2D eigenvalue weighted by molar-refractivity contribution is -0.729. The van der Waals surface area contributed by atoms with E-state index in [1.807, 2.05) is 0 Å². The van der Waals surface area contributed by atoms with Crippen molar-refractivity contribution in [2.75, 3.05) is 6.61 Å². The van der Waals surface area contributed by atoms with Gasteiger partial charge in [0.25, 0.3) is 0 Å². The summed E-state index contributed by atoms with van der Waals surface area (Å²) in [6, 6.07) is 12.0. The smallest absolute Gasteiger partial charge is 0.109 e. The number of rotatable bonds is 3. The van der Waals surface area contributed by atoms with Gasteiger partial charge in [0.1, 0.15) is 6.04 Å². The Morgan fingerprint density at radius 2 is 2.00 bits per heavy atom. The van der Waals surface area contributed by atoms with Crippen LogP contribution in [0.5, 0.6) is 0 Å². The molecule has 1 aromatic carbocycles. The quantitative estimate of drug-likeness (QED) is 0.853. The molecular formula is C15H24NO+. The summed E-state index contributed by atoms with van der Waals surface area (Å²) in [4.78, 5) is 0. The maximum Gasteiger partial charge on any atom is 0.109 e.